The van der Waals surface area contributed by atoms with Crippen molar-refractivity contribution in [2.75, 3.05) is 49.6 Å². The highest BCUT2D eigenvalue weighted by atomic mass is 19.1. The molecule has 1 N–H and O–H groups in total. The highest BCUT2D eigenvalue weighted by Gasteiger charge is 2.23. The second-order valence-corrected chi connectivity index (χ2v) is 7.55. The van der Waals surface area contributed by atoms with Gasteiger partial charge in [-0.3, -0.25) is 9.69 Å². The lowest BCUT2D eigenvalue weighted by Crippen LogP contribution is -2.37. The van der Waals surface area contributed by atoms with Gasteiger partial charge in [-0.1, -0.05) is 12.1 Å². The van der Waals surface area contributed by atoms with Gasteiger partial charge in [0.25, 0.3) is 0 Å². The Morgan fingerprint density at radius 3 is 2.59 bits per heavy atom. The zero-order valence-electron chi connectivity index (χ0n) is 16.3. The van der Waals surface area contributed by atoms with Crippen LogP contribution in [0.2, 0.25) is 0 Å². The molecule has 0 bridgehead atoms. The Bertz CT molecular complexity index is 867. The summed E-state index contributed by atoms with van der Waals surface area (Å²) in [6, 6.07) is 10.0. The first-order chi connectivity index (χ1) is 14.1. The molecule has 154 valence electrons. The Balaban J connectivity index is 1.36. The van der Waals surface area contributed by atoms with Gasteiger partial charge in [-0.25, -0.2) is 8.78 Å². The van der Waals surface area contributed by atoms with Crippen molar-refractivity contribution in [3.05, 3.63) is 59.2 Å². The van der Waals surface area contributed by atoms with Gasteiger partial charge in [-0.15, -0.1) is 0 Å². The molecule has 1 fully saturated rings. The second-order valence-electron chi connectivity index (χ2n) is 7.55. The SMILES string of the molecule is O=C(CN1CCCc2cc(F)cc(F)c21)Nc1ccc(CN2CCOCC2)cc1. The minimum Gasteiger partial charge on any atom is -0.379 e. The van der Waals surface area contributed by atoms with E-state index in [9.17, 15) is 13.6 Å². The molecule has 2 heterocycles. The van der Waals surface area contributed by atoms with Crippen LogP contribution in [-0.4, -0.2) is 50.2 Å². The molecule has 0 spiro atoms. The maximum absolute atomic E-state index is 14.3. The molecule has 2 aliphatic rings. The quantitative estimate of drug-likeness (QED) is 0.836. The third-order valence-electron chi connectivity index (χ3n) is 5.38. The number of hydrogen-bond donors (Lipinski definition) is 1. The summed E-state index contributed by atoms with van der Waals surface area (Å²) in [5.74, 6) is -1.41. The number of fused-ring (bicyclic) bond motifs is 1. The van der Waals surface area contributed by atoms with Crippen LogP contribution in [0.3, 0.4) is 0 Å². The number of nitrogens with one attached hydrogen (secondary N) is 1. The van der Waals surface area contributed by atoms with E-state index in [1.165, 1.54) is 11.6 Å². The van der Waals surface area contributed by atoms with Crippen molar-refractivity contribution in [1.29, 1.82) is 0 Å². The maximum atomic E-state index is 14.3. The third kappa shape index (κ3) is 4.92. The van der Waals surface area contributed by atoms with Crippen LogP contribution < -0.4 is 10.2 Å². The van der Waals surface area contributed by atoms with Gasteiger partial charge in [0, 0.05) is 37.9 Å². The molecule has 7 heteroatoms. The smallest absolute Gasteiger partial charge is 0.243 e. The molecule has 5 nitrogen and oxygen atoms in total. The Labute approximate surface area is 169 Å². The Hall–Kier alpha value is -2.51. The fourth-order valence-electron chi connectivity index (χ4n) is 3.98. The number of morpholine rings is 1. The lowest BCUT2D eigenvalue weighted by atomic mass is 10.0. The summed E-state index contributed by atoms with van der Waals surface area (Å²) in [6.45, 7) is 4.85. The summed E-state index contributed by atoms with van der Waals surface area (Å²) in [5, 5.41) is 2.87. The van der Waals surface area contributed by atoms with Crippen LogP contribution in [0.25, 0.3) is 0 Å². The van der Waals surface area contributed by atoms with E-state index >= 15 is 0 Å². The molecule has 2 aliphatic heterocycles. The number of halogens is 2. The minimum atomic E-state index is -0.611. The predicted molar refractivity (Wildman–Crippen MR) is 108 cm³/mol. The first kappa shape index (κ1) is 19.8. The number of carbonyl (C=O) groups excluding carboxylic acids is 1. The van der Waals surface area contributed by atoms with E-state index in [0.717, 1.165) is 45.3 Å². The number of nitrogens with zero attached hydrogens (tertiary/aromatic N) is 2. The van der Waals surface area contributed by atoms with Crippen molar-refractivity contribution >= 4 is 17.3 Å². The van der Waals surface area contributed by atoms with Crippen LogP contribution in [0, 0.1) is 11.6 Å². The van der Waals surface area contributed by atoms with E-state index in [-0.39, 0.29) is 12.5 Å². The van der Waals surface area contributed by atoms with Crippen molar-refractivity contribution in [2.24, 2.45) is 0 Å². The molecular weight excluding hydrogens is 376 g/mol. The van der Waals surface area contributed by atoms with Gasteiger partial charge in [0.15, 0.2) is 0 Å². The maximum Gasteiger partial charge on any atom is 0.243 e. The summed E-state index contributed by atoms with van der Waals surface area (Å²) in [5.41, 5.74) is 2.85. The Kier molecular flexibility index (Phi) is 6.06. The van der Waals surface area contributed by atoms with E-state index in [1.807, 2.05) is 24.3 Å². The Morgan fingerprint density at radius 1 is 1.07 bits per heavy atom. The molecule has 0 aromatic heterocycles. The standard InChI is InChI=1S/C22H25F2N3O2/c23-18-12-17-2-1-7-27(22(17)20(24)13-18)15-21(28)25-19-5-3-16(4-6-19)14-26-8-10-29-11-9-26/h3-6,12-13H,1-2,7-11,14-15H2,(H,25,28). The van der Waals surface area contributed by atoms with E-state index in [0.29, 0.717) is 29.9 Å². The topological polar surface area (TPSA) is 44.8 Å². The van der Waals surface area contributed by atoms with Crippen LogP contribution >= 0.6 is 0 Å². The highest BCUT2D eigenvalue weighted by Crippen LogP contribution is 2.30. The molecule has 4 rings (SSSR count). The van der Waals surface area contributed by atoms with Crippen LogP contribution in [0.15, 0.2) is 36.4 Å². The van der Waals surface area contributed by atoms with Gasteiger partial charge in [-0.2, -0.15) is 0 Å². The Morgan fingerprint density at radius 2 is 1.83 bits per heavy atom. The minimum absolute atomic E-state index is 0.0328. The van der Waals surface area contributed by atoms with Gasteiger partial charge in [0.2, 0.25) is 5.91 Å². The molecule has 0 atom stereocenters. The third-order valence-corrected chi connectivity index (χ3v) is 5.38. The lowest BCUT2D eigenvalue weighted by Gasteiger charge is -2.31. The van der Waals surface area contributed by atoms with Gasteiger partial charge >= 0.3 is 0 Å². The largest absolute Gasteiger partial charge is 0.379 e. The predicted octanol–water partition coefficient (Wildman–Crippen LogP) is 3.19. The van der Waals surface area contributed by atoms with E-state index in [1.54, 1.807) is 4.90 Å². The van der Waals surface area contributed by atoms with Crippen molar-refractivity contribution in [2.45, 2.75) is 19.4 Å². The average molecular weight is 401 g/mol. The molecule has 29 heavy (non-hydrogen) atoms. The second kappa shape index (κ2) is 8.88. The number of amides is 1. The fraction of sp³-hybridized carbons (Fsp3) is 0.409. The first-order valence-corrected chi connectivity index (χ1v) is 10.0. The molecule has 2 aromatic rings. The number of rotatable bonds is 5. The molecule has 0 unspecified atom stereocenters. The van der Waals surface area contributed by atoms with E-state index in [4.69, 9.17) is 4.74 Å². The molecular formula is C22H25F2N3O2. The number of anilines is 2. The van der Waals surface area contributed by atoms with Gasteiger partial charge < -0.3 is 15.0 Å². The van der Waals surface area contributed by atoms with E-state index in [2.05, 4.69) is 10.2 Å². The van der Waals surface area contributed by atoms with Gasteiger partial charge in [-0.05, 0) is 42.2 Å². The van der Waals surface area contributed by atoms with Crippen LogP contribution in [0.1, 0.15) is 17.5 Å². The number of aryl methyl sites for hydroxylation is 1. The molecule has 0 aliphatic carbocycles. The number of ether oxygens (including phenoxy) is 1. The fourth-order valence-corrected chi connectivity index (χ4v) is 3.98. The van der Waals surface area contributed by atoms with Crippen molar-refractivity contribution in [3.63, 3.8) is 0 Å². The monoisotopic (exact) mass is 401 g/mol. The molecule has 1 saturated heterocycles. The van der Waals surface area contributed by atoms with Gasteiger partial charge in [0.1, 0.15) is 11.6 Å². The summed E-state index contributed by atoms with van der Waals surface area (Å²) in [4.78, 5) is 16.5. The van der Waals surface area contributed by atoms with Crippen molar-refractivity contribution in [3.8, 4) is 0 Å². The normalized spacial score (nSPS) is 17.1. The number of hydrogen-bond acceptors (Lipinski definition) is 4. The zero-order chi connectivity index (χ0) is 20.2. The molecule has 2 aromatic carbocycles. The molecule has 0 radical (unpaired) electrons. The zero-order valence-corrected chi connectivity index (χ0v) is 16.3. The average Bonchev–Trinajstić information content (AvgIpc) is 2.70. The molecule has 0 saturated carbocycles. The van der Waals surface area contributed by atoms with Crippen LogP contribution in [-0.2, 0) is 22.5 Å². The van der Waals surface area contributed by atoms with Crippen molar-refractivity contribution in [1.82, 2.24) is 4.90 Å². The van der Waals surface area contributed by atoms with Gasteiger partial charge in [0.05, 0.1) is 25.4 Å². The van der Waals surface area contributed by atoms with Crippen LogP contribution in [0.5, 0.6) is 0 Å². The number of benzene rings is 2. The molecule has 1 amide bonds. The summed E-state index contributed by atoms with van der Waals surface area (Å²) < 4.78 is 33.1. The first-order valence-electron chi connectivity index (χ1n) is 10.0. The number of carbonyl (C=O) groups is 1. The van der Waals surface area contributed by atoms with Crippen molar-refractivity contribution < 1.29 is 18.3 Å². The highest BCUT2D eigenvalue weighted by molar-refractivity contribution is 5.94. The van der Waals surface area contributed by atoms with Crippen LogP contribution in [0.4, 0.5) is 20.2 Å². The van der Waals surface area contributed by atoms with E-state index < -0.39 is 11.6 Å². The summed E-state index contributed by atoms with van der Waals surface area (Å²) in [7, 11) is 0. The lowest BCUT2D eigenvalue weighted by molar-refractivity contribution is -0.115. The summed E-state index contributed by atoms with van der Waals surface area (Å²) in [6.07, 6.45) is 1.38. The summed E-state index contributed by atoms with van der Waals surface area (Å²) >= 11 is 0.